The van der Waals surface area contributed by atoms with Crippen molar-refractivity contribution in [3.8, 4) is 0 Å². The first-order chi connectivity index (χ1) is 6.27. The van der Waals surface area contributed by atoms with Gasteiger partial charge in [0.1, 0.15) is 0 Å². The van der Waals surface area contributed by atoms with Crippen LogP contribution in [0.15, 0.2) is 11.6 Å². The number of halogens is 5. The highest BCUT2D eigenvalue weighted by molar-refractivity contribution is 5.15. The molecular formula is C8H11F5O. The number of methoxy groups -OCH3 is 1. The average molecular weight is 218 g/mol. The molecule has 0 unspecified atom stereocenters. The normalized spacial score (nSPS) is 14.6. The molecule has 0 aromatic carbocycles. The van der Waals surface area contributed by atoms with Crippen molar-refractivity contribution >= 4 is 0 Å². The Morgan fingerprint density at radius 1 is 1.21 bits per heavy atom. The summed E-state index contributed by atoms with van der Waals surface area (Å²) in [5.74, 6) is -4.76. The van der Waals surface area contributed by atoms with Crippen LogP contribution < -0.4 is 0 Å². The van der Waals surface area contributed by atoms with Crippen LogP contribution in [-0.4, -0.2) is 25.8 Å². The number of hydrogen-bond acceptors (Lipinski definition) is 1. The van der Waals surface area contributed by atoms with Crippen LogP contribution in [0.5, 0.6) is 0 Å². The molecule has 0 aromatic rings. The lowest BCUT2D eigenvalue weighted by Crippen LogP contribution is -2.38. The second kappa shape index (κ2) is 4.72. The van der Waals surface area contributed by atoms with E-state index in [1.165, 1.54) is 14.0 Å². The van der Waals surface area contributed by atoms with Crippen LogP contribution in [0.1, 0.15) is 13.3 Å². The fourth-order valence-corrected chi connectivity index (χ4v) is 0.861. The Morgan fingerprint density at radius 2 is 1.71 bits per heavy atom. The maximum Gasteiger partial charge on any atom is 0.457 e. The van der Waals surface area contributed by atoms with E-state index in [9.17, 15) is 22.0 Å². The Hall–Kier alpha value is -0.650. The maximum atomic E-state index is 12.7. The van der Waals surface area contributed by atoms with Crippen LogP contribution in [-0.2, 0) is 4.74 Å². The summed E-state index contributed by atoms with van der Waals surface area (Å²) in [6.45, 7) is 0.982. The molecule has 1 nitrogen and oxygen atoms in total. The number of rotatable bonds is 4. The third-order valence-electron chi connectivity index (χ3n) is 1.64. The molecule has 0 rings (SSSR count). The van der Waals surface area contributed by atoms with Gasteiger partial charge >= 0.3 is 12.1 Å². The molecular weight excluding hydrogens is 207 g/mol. The zero-order valence-electron chi connectivity index (χ0n) is 7.79. The molecule has 0 aliphatic heterocycles. The second-order valence-corrected chi connectivity index (χ2v) is 2.61. The van der Waals surface area contributed by atoms with E-state index in [4.69, 9.17) is 0 Å². The Bertz CT molecular complexity index is 206. The average Bonchev–Trinajstić information content (AvgIpc) is 2.03. The van der Waals surface area contributed by atoms with E-state index in [1.807, 2.05) is 0 Å². The van der Waals surface area contributed by atoms with E-state index in [1.54, 1.807) is 0 Å². The van der Waals surface area contributed by atoms with Crippen molar-refractivity contribution in [2.45, 2.75) is 25.4 Å². The molecule has 0 N–H and O–H groups in total. The summed E-state index contributed by atoms with van der Waals surface area (Å²) in [7, 11) is 1.22. The van der Waals surface area contributed by atoms with Gasteiger partial charge in [0.2, 0.25) is 0 Å². The molecule has 0 bridgehead atoms. The van der Waals surface area contributed by atoms with E-state index in [-0.39, 0.29) is 13.0 Å². The van der Waals surface area contributed by atoms with Gasteiger partial charge in [-0.3, -0.25) is 0 Å². The standard InChI is InChI=1S/C8H11F5O/c1-3-6(4-5-14-2)7(9,10)8(11,12)13/h4H,3,5H2,1-2H3. The molecule has 0 aromatic heterocycles. The first kappa shape index (κ1) is 13.4. The van der Waals surface area contributed by atoms with Gasteiger partial charge < -0.3 is 4.74 Å². The number of alkyl halides is 5. The van der Waals surface area contributed by atoms with Gasteiger partial charge in [-0.25, -0.2) is 0 Å². The van der Waals surface area contributed by atoms with E-state index in [0.29, 0.717) is 0 Å². The number of allylic oxidation sites excluding steroid dienone is 1. The molecule has 0 saturated carbocycles. The zero-order valence-corrected chi connectivity index (χ0v) is 7.79. The fraction of sp³-hybridized carbons (Fsp3) is 0.750. The maximum absolute atomic E-state index is 12.7. The number of ether oxygens (including phenoxy) is 1. The molecule has 0 aliphatic carbocycles. The third kappa shape index (κ3) is 2.94. The minimum atomic E-state index is -5.54. The molecule has 0 amide bonds. The van der Waals surface area contributed by atoms with Crippen molar-refractivity contribution in [1.29, 1.82) is 0 Å². The van der Waals surface area contributed by atoms with Crippen LogP contribution in [0.4, 0.5) is 22.0 Å². The van der Waals surface area contributed by atoms with Crippen molar-refractivity contribution < 1.29 is 26.7 Å². The van der Waals surface area contributed by atoms with E-state index >= 15 is 0 Å². The van der Waals surface area contributed by atoms with Gasteiger partial charge in [0.05, 0.1) is 6.61 Å². The lowest BCUT2D eigenvalue weighted by molar-refractivity contribution is -0.265. The third-order valence-corrected chi connectivity index (χ3v) is 1.64. The zero-order chi connectivity index (χ0) is 11.4. The minimum absolute atomic E-state index is 0.255. The Labute approximate surface area is 78.5 Å². The van der Waals surface area contributed by atoms with Crippen molar-refractivity contribution in [2.75, 3.05) is 13.7 Å². The Kier molecular flexibility index (Phi) is 4.51. The smallest absolute Gasteiger partial charge is 0.381 e. The summed E-state index contributed by atoms with van der Waals surface area (Å²) in [6.07, 6.45) is -5.15. The molecule has 0 fully saturated rings. The summed E-state index contributed by atoms with van der Waals surface area (Å²) < 4.78 is 65.3. The molecule has 84 valence electrons. The summed E-state index contributed by atoms with van der Waals surface area (Å²) in [5, 5.41) is 0. The lowest BCUT2D eigenvalue weighted by atomic mass is 10.1. The van der Waals surface area contributed by atoms with Crippen molar-refractivity contribution in [3.05, 3.63) is 11.6 Å². The quantitative estimate of drug-likeness (QED) is 0.520. The van der Waals surface area contributed by atoms with Gasteiger partial charge in [-0.05, 0) is 6.42 Å². The largest absolute Gasteiger partial charge is 0.457 e. The molecule has 14 heavy (non-hydrogen) atoms. The first-order valence-electron chi connectivity index (χ1n) is 3.90. The summed E-state index contributed by atoms with van der Waals surface area (Å²) in [4.78, 5) is 0. The van der Waals surface area contributed by atoms with E-state index in [0.717, 1.165) is 6.08 Å². The molecule has 0 saturated heterocycles. The second-order valence-electron chi connectivity index (χ2n) is 2.61. The van der Waals surface area contributed by atoms with E-state index in [2.05, 4.69) is 4.74 Å². The van der Waals surface area contributed by atoms with Gasteiger partial charge in [0.15, 0.2) is 0 Å². The molecule has 6 heteroatoms. The molecule has 0 radical (unpaired) electrons. The minimum Gasteiger partial charge on any atom is -0.381 e. The van der Waals surface area contributed by atoms with Gasteiger partial charge in [-0.1, -0.05) is 13.0 Å². The van der Waals surface area contributed by atoms with Crippen LogP contribution in [0.3, 0.4) is 0 Å². The highest BCUT2D eigenvalue weighted by Gasteiger charge is 2.59. The van der Waals surface area contributed by atoms with Crippen LogP contribution in [0, 0.1) is 0 Å². The highest BCUT2D eigenvalue weighted by atomic mass is 19.4. The molecule has 0 spiro atoms. The van der Waals surface area contributed by atoms with Gasteiger partial charge in [0, 0.05) is 12.7 Å². The van der Waals surface area contributed by atoms with Gasteiger partial charge in [-0.15, -0.1) is 0 Å². The molecule has 0 aliphatic rings. The van der Waals surface area contributed by atoms with Gasteiger partial charge in [0.25, 0.3) is 0 Å². The van der Waals surface area contributed by atoms with Crippen molar-refractivity contribution in [2.24, 2.45) is 0 Å². The monoisotopic (exact) mass is 218 g/mol. The van der Waals surface area contributed by atoms with Crippen molar-refractivity contribution in [3.63, 3.8) is 0 Å². The molecule has 0 heterocycles. The van der Waals surface area contributed by atoms with E-state index < -0.39 is 17.7 Å². The SMILES string of the molecule is CCC(=CCOC)C(F)(F)C(F)(F)F. The van der Waals surface area contributed by atoms with Gasteiger partial charge in [-0.2, -0.15) is 22.0 Å². The molecule has 0 atom stereocenters. The van der Waals surface area contributed by atoms with Crippen molar-refractivity contribution in [1.82, 2.24) is 0 Å². The predicted molar refractivity (Wildman–Crippen MR) is 41.3 cm³/mol. The highest BCUT2D eigenvalue weighted by Crippen LogP contribution is 2.41. The van der Waals surface area contributed by atoms with Crippen LogP contribution in [0.2, 0.25) is 0 Å². The topological polar surface area (TPSA) is 9.23 Å². The summed E-state index contributed by atoms with van der Waals surface area (Å²) in [5.41, 5.74) is -0.966. The predicted octanol–water partition coefficient (Wildman–Crippen LogP) is 3.17. The Morgan fingerprint density at radius 3 is 2.00 bits per heavy atom. The fourth-order valence-electron chi connectivity index (χ4n) is 0.861. The van der Waals surface area contributed by atoms with Crippen LogP contribution >= 0.6 is 0 Å². The number of hydrogen-bond donors (Lipinski definition) is 0. The summed E-state index contributed by atoms with van der Waals surface area (Å²) >= 11 is 0. The van der Waals surface area contributed by atoms with Crippen LogP contribution in [0.25, 0.3) is 0 Å². The lowest BCUT2D eigenvalue weighted by Gasteiger charge is -2.21. The first-order valence-corrected chi connectivity index (χ1v) is 3.90. The Balaban J connectivity index is 4.84. The summed E-state index contributed by atoms with van der Waals surface area (Å²) in [6, 6.07) is 0.